The average molecular weight is 369 g/mol. The number of rotatable bonds is 5. The quantitative estimate of drug-likeness (QED) is 0.569. The van der Waals surface area contributed by atoms with Crippen molar-refractivity contribution in [1.29, 1.82) is 0 Å². The molecule has 26 heavy (non-hydrogen) atoms. The first-order valence-electron chi connectivity index (χ1n) is 8.39. The van der Waals surface area contributed by atoms with Gasteiger partial charge in [-0.05, 0) is 19.9 Å². The molecule has 2 saturated heterocycles. The summed E-state index contributed by atoms with van der Waals surface area (Å²) in [6.07, 6.45) is -1.01. The SMILES string of the molecule is CC(C)C(=O)OCC1OC(n2ccc(NO)nc2=O)[C@H]2OC(C)(C)OC12. The Hall–Kier alpha value is -2.01. The first-order chi connectivity index (χ1) is 12.2. The van der Waals surface area contributed by atoms with E-state index in [0.29, 0.717) is 0 Å². The van der Waals surface area contributed by atoms with Crippen molar-refractivity contribution in [1.82, 2.24) is 9.55 Å². The molecule has 0 saturated carbocycles. The number of hydrogen-bond donors (Lipinski definition) is 2. The molecule has 2 aliphatic heterocycles. The van der Waals surface area contributed by atoms with E-state index in [0.717, 1.165) is 0 Å². The number of carbonyl (C=O) groups excluding carboxylic acids is 1. The molecule has 0 amide bonds. The van der Waals surface area contributed by atoms with Gasteiger partial charge in [-0.25, -0.2) is 4.79 Å². The van der Waals surface area contributed by atoms with Gasteiger partial charge in [-0.3, -0.25) is 20.0 Å². The molecule has 0 spiro atoms. The van der Waals surface area contributed by atoms with Crippen LogP contribution in [0.5, 0.6) is 0 Å². The van der Waals surface area contributed by atoms with Gasteiger partial charge in [-0.2, -0.15) is 4.98 Å². The first-order valence-corrected chi connectivity index (χ1v) is 8.39. The third-order valence-corrected chi connectivity index (χ3v) is 4.21. The highest BCUT2D eigenvalue weighted by Crippen LogP contribution is 2.42. The fourth-order valence-corrected chi connectivity index (χ4v) is 3.02. The van der Waals surface area contributed by atoms with Crippen LogP contribution in [0.3, 0.4) is 0 Å². The largest absolute Gasteiger partial charge is 0.463 e. The summed E-state index contributed by atoms with van der Waals surface area (Å²) in [6, 6.07) is 1.42. The van der Waals surface area contributed by atoms with Gasteiger partial charge in [0.25, 0.3) is 0 Å². The number of ether oxygens (including phenoxy) is 4. The zero-order valence-electron chi connectivity index (χ0n) is 15.0. The van der Waals surface area contributed by atoms with Crippen LogP contribution in [0, 0.1) is 5.92 Å². The van der Waals surface area contributed by atoms with Gasteiger partial charge in [0.05, 0.1) is 5.92 Å². The highest BCUT2D eigenvalue weighted by Gasteiger charge is 2.56. The number of carbonyl (C=O) groups is 1. The second-order valence-electron chi connectivity index (χ2n) is 7.03. The van der Waals surface area contributed by atoms with Crippen molar-refractivity contribution in [3.05, 3.63) is 22.7 Å². The summed E-state index contributed by atoms with van der Waals surface area (Å²) in [4.78, 5) is 27.7. The predicted octanol–water partition coefficient (Wildman–Crippen LogP) is 0.661. The molecule has 4 atom stereocenters. The topological polar surface area (TPSA) is 121 Å². The molecule has 10 heteroatoms. The van der Waals surface area contributed by atoms with Crippen molar-refractivity contribution in [2.24, 2.45) is 5.92 Å². The Morgan fingerprint density at radius 3 is 2.73 bits per heavy atom. The van der Waals surface area contributed by atoms with Gasteiger partial charge in [0.1, 0.15) is 24.9 Å². The molecule has 1 aromatic rings. The zero-order chi connectivity index (χ0) is 19.1. The van der Waals surface area contributed by atoms with Gasteiger partial charge >= 0.3 is 11.7 Å². The monoisotopic (exact) mass is 369 g/mol. The number of nitrogens with zero attached hydrogens (tertiary/aromatic N) is 2. The maximum absolute atomic E-state index is 12.2. The summed E-state index contributed by atoms with van der Waals surface area (Å²) in [5, 5.41) is 8.86. The Morgan fingerprint density at radius 2 is 2.12 bits per heavy atom. The van der Waals surface area contributed by atoms with Gasteiger partial charge < -0.3 is 18.9 Å². The third-order valence-electron chi connectivity index (χ3n) is 4.21. The molecule has 3 rings (SSSR count). The van der Waals surface area contributed by atoms with Crippen LogP contribution in [0.1, 0.15) is 33.9 Å². The smallest absolute Gasteiger partial charge is 0.351 e. The van der Waals surface area contributed by atoms with Crippen molar-refractivity contribution < 1.29 is 28.9 Å². The lowest BCUT2D eigenvalue weighted by molar-refractivity contribution is -0.203. The molecule has 0 radical (unpaired) electrons. The summed E-state index contributed by atoms with van der Waals surface area (Å²) in [5.41, 5.74) is 1.19. The predicted molar refractivity (Wildman–Crippen MR) is 87.4 cm³/mol. The van der Waals surface area contributed by atoms with E-state index in [4.69, 9.17) is 24.2 Å². The van der Waals surface area contributed by atoms with Crippen molar-refractivity contribution in [3.8, 4) is 0 Å². The van der Waals surface area contributed by atoms with E-state index in [1.807, 2.05) is 5.48 Å². The molecule has 3 unspecified atom stereocenters. The number of aromatic nitrogens is 2. The maximum Gasteiger partial charge on any atom is 0.351 e. The summed E-state index contributed by atoms with van der Waals surface area (Å²) >= 11 is 0. The Kier molecular flexibility index (Phi) is 5.02. The lowest BCUT2D eigenvalue weighted by atomic mass is 10.1. The highest BCUT2D eigenvalue weighted by atomic mass is 16.8. The molecular weight excluding hydrogens is 346 g/mol. The first kappa shape index (κ1) is 18.8. The van der Waals surface area contributed by atoms with Crippen LogP contribution in [-0.2, 0) is 23.7 Å². The lowest BCUT2D eigenvalue weighted by Gasteiger charge is -2.24. The minimum Gasteiger partial charge on any atom is -0.463 e. The Labute approximate surface area is 150 Å². The van der Waals surface area contributed by atoms with Crippen LogP contribution in [0.4, 0.5) is 5.82 Å². The fourth-order valence-electron chi connectivity index (χ4n) is 3.02. The molecule has 1 aromatic heterocycles. The van der Waals surface area contributed by atoms with Gasteiger partial charge in [0, 0.05) is 6.20 Å². The van der Waals surface area contributed by atoms with E-state index in [1.54, 1.807) is 27.7 Å². The van der Waals surface area contributed by atoms with Crippen LogP contribution in [0.2, 0.25) is 0 Å². The van der Waals surface area contributed by atoms with E-state index in [-0.39, 0.29) is 24.3 Å². The van der Waals surface area contributed by atoms with Crippen molar-refractivity contribution in [2.75, 3.05) is 12.1 Å². The number of esters is 1. The van der Waals surface area contributed by atoms with E-state index in [1.165, 1.54) is 16.8 Å². The normalized spacial score (nSPS) is 29.6. The number of anilines is 1. The standard InChI is InChI=1S/C16H23N3O7/c1-8(2)14(20)23-7-9-11-12(26-16(3,4)25-11)13(24-9)19-6-5-10(18-22)17-15(19)21/h5-6,8-9,11-13,22H,7H2,1-4H3,(H,17,18,21)/t9?,11?,12-,13?/m0/s1. The Balaban J connectivity index is 1.83. The number of hydrogen-bond acceptors (Lipinski definition) is 9. The number of fused-ring (bicyclic) bond motifs is 1. The van der Waals surface area contributed by atoms with Crippen molar-refractivity contribution in [2.45, 2.75) is 58.0 Å². The van der Waals surface area contributed by atoms with E-state index >= 15 is 0 Å². The maximum atomic E-state index is 12.2. The molecule has 3 heterocycles. The minimum atomic E-state index is -0.860. The summed E-state index contributed by atoms with van der Waals surface area (Å²) in [5.74, 6) is -1.44. The molecule has 2 aliphatic rings. The van der Waals surface area contributed by atoms with Gasteiger partial charge in [-0.1, -0.05) is 13.8 Å². The fraction of sp³-hybridized carbons (Fsp3) is 0.688. The van der Waals surface area contributed by atoms with Gasteiger partial charge in [-0.15, -0.1) is 0 Å². The van der Waals surface area contributed by atoms with Gasteiger partial charge in [0.15, 0.2) is 17.8 Å². The zero-order valence-corrected chi connectivity index (χ0v) is 15.0. The molecule has 144 valence electrons. The van der Waals surface area contributed by atoms with Crippen LogP contribution in [0.15, 0.2) is 17.1 Å². The Bertz CT molecular complexity index is 733. The summed E-state index contributed by atoms with van der Waals surface area (Å²) < 4.78 is 24.2. The highest BCUT2D eigenvalue weighted by molar-refractivity contribution is 5.71. The Morgan fingerprint density at radius 1 is 1.42 bits per heavy atom. The molecule has 10 nitrogen and oxygen atoms in total. The van der Waals surface area contributed by atoms with E-state index in [2.05, 4.69) is 4.98 Å². The third kappa shape index (κ3) is 3.58. The van der Waals surface area contributed by atoms with Crippen LogP contribution >= 0.6 is 0 Å². The molecule has 2 N–H and O–H groups in total. The average Bonchev–Trinajstić information content (AvgIpc) is 3.05. The van der Waals surface area contributed by atoms with Crippen LogP contribution < -0.4 is 11.2 Å². The van der Waals surface area contributed by atoms with Crippen molar-refractivity contribution in [3.63, 3.8) is 0 Å². The second kappa shape index (κ2) is 6.95. The molecular formula is C16H23N3O7. The second-order valence-corrected chi connectivity index (χ2v) is 7.03. The molecule has 2 fully saturated rings. The van der Waals surface area contributed by atoms with Crippen LogP contribution in [-0.4, -0.2) is 51.4 Å². The lowest BCUT2D eigenvalue weighted by Crippen LogP contribution is -2.34. The molecule has 0 aliphatic carbocycles. The summed E-state index contributed by atoms with van der Waals surface area (Å²) in [6.45, 7) is 7.00. The molecule has 0 bridgehead atoms. The van der Waals surface area contributed by atoms with E-state index < -0.39 is 36.0 Å². The van der Waals surface area contributed by atoms with Gasteiger partial charge in [0.2, 0.25) is 0 Å². The van der Waals surface area contributed by atoms with E-state index in [9.17, 15) is 9.59 Å². The number of nitrogens with one attached hydrogen (secondary N) is 1. The summed E-state index contributed by atoms with van der Waals surface area (Å²) in [7, 11) is 0. The minimum absolute atomic E-state index is 0.00736. The van der Waals surface area contributed by atoms with Crippen LogP contribution in [0.25, 0.3) is 0 Å². The van der Waals surface area contributed by atoms with Crippen molar-refractivity contribution >= 4 is 11.8 Å². The molecule has 0 aromatic carbocycles.